The summed E-state index contributed by atoms with van der Waals surface area (Å²) in [5.74, 6) is 0.189. The molecule has 0 aliphatic carbocycles. The Morgan fingerprint density at radius 1 is 1.22 bits per heavy atom. The molecule has 1 aliphatic rings. The minimum atomic E-state index is -3.78. The number of sulfonamides is 1. The molecule has 2 aromatic heterocycles. The summed E-state index contributed by atoms with van der Waals surface area (Å²) in [6.07, 6.45) is 1.22. The van der Waals surface area contributed by atoms with E-state index in [2.05, 4.69) is 15.6 Å². The molecule has 1 amide bonds. The molecule has 9 nitrogen and oxygen atoms in total. The summed E-state index contributed by atoms with van der Waals surface area (Å²) in [5.41, 5.74) is 2.19. The fraction of sp³-hybridized carbons (Fsp3) is 0.409. The van der Waals surface area contributed by atoms with Gasteiger partial charge in [0.1, 0.15) is 16.4 Å². The molecule has 1 unspecified atom stereocenters. The number of hydrogen-bond donors (Lipinski definition) is 1. The molecule has 32 heavy (non-hydrogen) atoms. The first-order chi connectivity index (χ1) is 15.3. The summed E-state index contributed by atoms with van der Waals surface area (Å²) < 4.78 is 34.5. The van der Waals surface area contributed by atoms with Crippen LogP contribution in [0.15, 0.2) is 45.8 Å². The topological polar surface area (TPSA) is 110 Å². The van der Waals surface area contributed by atoms with E-state index in [1.54, 1.807) is 18.5 Å². The third-order valence-corrected chi connectivity index (χ3v) is 7.76. The molecule has 170 valence electrons. The van der Waals surface area contributed by atoms with Gasteiger partial charge in [0.15, 0.2) is 5.76 Å². The molecule has 0 saturated carbocycles. The molecule has 0 radical (unpaired) electrons. The third-order valence-electron chi connectivity index (χ3n) is 5.65. The van der Waals surface area contributed by atoms with E-state index in [0.29, 0.717) is 37.4 Å². The highest BCUT2D eigenvalue weighted by Crippen LogP contribution is 2.28. The lowest BCUT2D eigenvalue weighted by molar-refractivity contribution is -0.120. The van der Waals surface area contributed by atoms with Gasteiger partial charge in [-0.05, 0) is 39.2 Å². The van der Waals surface area contributed by atoms with E-state index in [9.17, 15) is 13.2 Å². The summed E-state index contributed by atoms with van der Waals surface area (Å²) in [5, 5.41) is 11.2. The van der Waals surface area contributed by atoms with Crippen LogP contribution in [0.2, 0.25) is 0 Å². The molecule has 10 heteroatoms. The van der Waals surface area contributed by atoms with Crippen LogP contribution in [-0.2, 0) is 21.4 Å². The highest BCUT2D eigenvalue weighted by atomic mass is 32.2. The third kappa shape index (κ3) is 4.46. The van der Waals surface area contributed by atoms with E-state index < -0.39 is 15.9 Å². The molecule has 1 aliphatic heterocycles. The zero-order valence-electron chi connectivity index (χ0n) is 18.4. The molecule has 3 aromatic rings. The Morgan fingerprint density at radius 2 is 1.97 bits per heavy atom. The Balaban J connectivity index is 1.49. The molecule has 1 aromatic carbocycles. The molecule has 0 spiro atoms. The lowest BCUT2D eigenvalue weighted by atomic mass is 9.99. The van der Waals surface area contributed by atoms with Crippen LogP contribution in [0.25, 0.3) is 0 Å². The van der Waals surface area contributed by atoms with Crippen molar-refractivity contribution in [2.24, 2.45) is 5.92 Å². The van der Waals surface area contributed by atoms with E-state index >= 15 is 0 Å². The number of anilines is 1. The maximum atomic E-state index is 13.2. The normalized spacial score (nSPS) is 17.4. The first kappa shape index (κ1) is 22.2. The van der Waals surface area contributed by atoms with Crippen molar-refractivity contribution in [2.45, 2.75) is 45.1 Å². The summed E-state index contributed by atoms with van der Waals surface area (Å²) in [6.45, 7) is 6.06. The first-order valence-corrected chi connectivity index (χ1v) is 12.0. The van der Waals surface area contributed by atoms with Gasteiger partial charge in [0.2, 0.25) is 15.9 Å². The maximum absolute atomic E-state index is 13.2. The minimum absolute atomic E-state index is 0.0927. The Kier molecular flexibility index (Phi) is 6.16. The molecule has 1 N–H and O–H groups in total. The summed E-state index contributed by atoms with van der Waals surface area (Å²) >= 11 is 0. The number of nitrogens with zero attached hydrogens (tertiary/aromatic N) is 4. The van der Waals surface area contributed by atoms with Crippen LogP contribution in [0.5, 0.6) is 0 Å². The Hall–Kier alpha value is -2.98. The van der Waals surface area contributed by atoms with E-state index in [-0.39, 0.29) is 23.1 Å². The molecule has 3 heterocycles. The van der Waals surface area contributed by atoms with Crippen molar-refractivity contribution in [1.29, 1.82) is 0 Å². The van der Waals surface area contributed by atoms with E-state index in [1.807, 2.05) is 43.3 Å². The van der Waals surface area contributed by atoms with E-state index in [4.69, 9.17) is 4.52 Å². The Labute approximate surface area is 187 Å². The predicted molar refractivity (Wildman–Crippen MR) is 119 cm³/mol. The maximum Gasteiger partial charge on any atom is 0.248 e. The number of carbonyl (C=O) groups excluding carboxylic acids is 1. The number of rotatable bonds is 6. The number of hydrogen-bond acceptors (Lipinski definition) is 6. The number of aryl methyl sites for hydroxylation is 3. The average Bonchev–Trinajstić information content (AvgIpc) is 3.29. The van der Waals surface area contributed by atoms with Crippen LogP contribution in [-0.4, -0.2) is 46.7 Å². The number of aromatic nitrogens is 3. The van der Waals surface area contributed by atoms with Gasteiger partial charge in [-0.25, -0.2) is 13.1 Å². The van der Waals surface area contributed by atoms with Gasteiger partial charge < -0.3 is 9.84 Å². The standard InChI is InChI=1S/C22H27N5O4S/c1-15-12-20(27(24-15)13-18-8-5-4-6-9-18)23-22(28)19-10-7-11-26(14-19)32(29,30)21-16(2)25-31-17(21)3/h4-6,8-9,12,19H,7,10-11,13-14H2,1-3H3,(H,23,28). The van der Waals surface area contributed by atoms with Gasteiger partial charge in [0.25, 0.3) is 0 Å². The van der Waals surface area contributed by atoms with Crippen molar-refractivity contribution in [2.75, 3.05) is 18.4 Å². The Morgan fingerprint density at radius 3 is 2.66 bits per heavy atom. The van der Waals surface area contributed by atoms with Gasteiger partial charge in [-0.2, -0.15) is 9.40 Å². The highest BCUT2D eigenvalue weighted by Gasteiger charge is 2.36. The second-order valence-corrected chi connectivity index (χ2v) is 10.0. The number of piperidine rings is 1. The van der Waals surface area contributed by atoms with Gasteiger partial charge in [-0.15, -0.1) is 0 Å². The van der Waals surface area contributed by atoms with Crippen molar-refractivity contribution in [3.05, 3.63) is 59.1 Å². The van der Waals surface area contributed by atoms with Crippen LogP contribution in [0.3, 0.4) is 0 Å². The number of nitrogens with one attached hydrogen (secondary N) is 1. The zero-order valence-corrected chi connectivity index (χ0v) is 19.2. The van der Waals surface area contributed by atoms with Crippen molar-refractivity contribution >= 4 is 21.7 Å². The van der Waals surface area contributed by atoms with Gasteiger partial charge in [0, 0.05) is 19.2 Å². The minimum Gasteiger partial charge on any atom is -0.360 e. The lowest BCUT2D eigenvalue weighted by Crippen LogP contribution is -2.44. The van der Waals surface area contributed by atoms with Crippen LogP contribution in [0.1, 0.15) is 35.6 Å². The lowest BCUT2D eigenvalue weighted by Gasteiger charge is -2.31. The fourth-order valence-corrected chi connectivity index (χ4v) is 5.91. The Bertz CT molecular complexity index is 1200. The van der Waals surface area contributed by atoms with E-state index in [0.717, 1.165) is 11.3 Å². The average molecular weight is 458 g/mol. The highest BCUT2D eigenvalue weighted by molar-refractivity contribution is 7.89. The molecule has 1 saturated heterocycles. The van der Waals surface area contributed by atoms with Crippen molar-refractivity contribution in [1.82, 2.24) is 19.2 Å². The summed E-state index contributed by atoms with van der Waals surface area (Å²) in [6, 6.07) is 11.7. The molecule has 4 rings (SSSR count). The molecule has 1 atom stereocenters. The first-order valence-electron chi connectivity index (χ1n) is 10.6. The number of carbonyl (C=O) groups is 1. The summed E-state index contributed by atoms with van der Waals surface area (Å²) in [7, 11) is -3.78. The predicted octanol–water partition coefficient (Wildman–Crippen LogP) is 2.88. The molecule has 1 fully saturated rings. The van der Waals surface area contributed by atoms with Crippen molar-refractivity contribution in [3.8, 4) is 0 Å². The second kappa shape index (κ2) is 8.87. The molecule has 0 bridgehead atoms. The SMILES string of the molecule is Cc1cc(NC(=O)C2CCCN(S(=O)(=O)c3c(C)noc3C)C2)n(Cc2ccccc2)n1. The summed E-state index contributed by atoms with van der Waals surface area (Å²) in [4.78, 5) is 13.2. The van der Waals surface area contributed by atoms with Gasteiger partial charge in [-0.1, -0.05) is 35.5 Å². The van der Waals surface area contributed by atoms with Gasteiger partial charge in [-0.3, -0.25) is 4.79 Å². The zero-order chi connectivity index (χ0) is 22.9. The van der Waals surface area contributed by atoms with Crippen molar-refractivity contribution < 1.29 is 17.7 Å². The van der Waals surface area contributed by atoms with Crippen LogP contribution < -0.4 is 5.32 Å². The van der Waals surface area contributed by atoms with Crippen LogP contribution in [0, 0.1) is 26.7 Å². The number of amides is 1. The second-order valence-electron chi connectivity index (χ2n) is 8.16. The largest absolute Gasteiger partial charge is 0.360 e. The molecular weight excluding hydrogens is 430 g/mol. The molecular formula is C22H27N5O4S. The van der Waals surface area contributed by atoms with Gasteiger partial charge >= 0.3 is 0 Å². The fourth-order valence-electron chi connectivity index (χ4n) is 4.10. The monoisotopic (exact) mass is 457 g/mol. The van der Waals surface area contributed by atoms with Crippen LogP contribution >= 0.6 is 0 Å². The van der Waals surface area contributed by atoms with Gasteiger partial charge in [0.05, 0.1) is 18.2 Å². The number of benzene rings is 1. The smallest absolute Gasteiger partial charge is 0.248 e. The van der Waals surface area contributed by atoms with Crippen molar-refractivity contribution in [3.63, 3.8) is 0 Å². The van der Waals surface area contributed by atoms with E-state index in [1.165, 1.54) is 4.31 Å². The quantitative estimate of drug-likeness (QED) is 0.609. The van der Waals surface area contributed by atoms with Crippen LogP contribution in [0.4, 0.5) is 5.82 Å².